The van der Waals surface area contributed by atoms with Crippen LogP contribution in [0.1, 0.15) is 25.0 Å². The maximum atomic E-state index is 6.54. The van der Waals surface area contributed by atoms with Gasteiger partial charge in [0, 0.05) is 71.9 Å². The summed E-state index contributed by atoms with van der Waals surface area (Å²) in [6, 6.07) is 80.2. The van der Waals surface area contributed by atoms with Crippen molar-refractivity contribution in [1.29, 1.82) is 0 Å². The first-order chi connectivity index (χ1) is 35.4. The molecule has 0 saturated heterocycles. The maximum absolute atomic E-state index is 6.54. The van der Waals surface area contributed by atoms with Gasteiger partial charge in [-0.1, -0.05) is 147 Å². The summed E-state index contributed by atoms with van der Waals surface area (Å²) < 4.78 is 11.3. The van der Waals surface area contributed by atoms with Crippen LogP contribution >= 0.6 is 0 Å². The Bertz CT molecular complexity index is 4450. The van der Waals surface area contributed by atoms with Gasteiger partial charge in [-0.25, -0.2) is 15.0 Å². The van der Waals surface area contributed by atoms with E-state index in [9.17, 15) is 0 Å². The first kappa shape index (κ1) is 40.5. The first-order valence-electron chi connectivity index (χ1n) is 24.6. The van der Waals surface area contributed by atoms with E-state index < -0.39 is 0 Å². The molecule has 14 aromatic rings. The zero-order valence-electron chi connectivity index (χ0n) is 39.5. The van der Waals surface area contributed by atoms with Gasteiger partial charge in [-0.05, 0) is 118 Å². The summed E-state index contributed by atoms with van der Waals surface area (Å²) in [5.41, 5.74) is 18.8. The molecule has 1 aliphatic rings. The Kier molecular flexibility index (Phi) is 8.61. The Morgan fingerprint density at radius 1 is 0.319 bits per heavy atom. The molecule has 0 spiro atoms. The zero-order chi connectivity index (χ0) is 47.7. The van der Waals surface area contributed by atoms with Crippen LogP contribution in [0, 0.1) is 0 Å². The molecule has 0 N–H and O–H groups in total. The van der Waals surface area contributed by atoms with Crippen molar-refractivity contribution in [2.24, 2.45) is 0 Å². The molecule has 0 fully saturated rings. The van der Waals surface area contributed by atoms with Crippen LogP contribution in [0.4, 0.5) is 0 Å². The van der Waals surface area contributed by atoms with Crippen LogP contribution in [0.15, 0.2) is 229 Å². The second-order valence-electron chi connectivity index (χ2n) is 19.6. The van der Waals surface area contributed by atoms with Crippen LogP contribution in [0.3, 0.4) is 0 Å². The monoisotopic (exact) mass is 921 g/mol. The molecular weight excluding hydrogens is 879 g/mol. The third-order valence-corrected chi connectivity index (χ3v) is 15.2. The quantitative estimate of drug-likeness (QED) is 0.167. The molecule has 0 atom stereocenters. The van der Waals surface area contributed by atoms with E-state index in [0.717, 1.165) is 60.7 Å². The zero-order valence-corrected chi connectivity index (χ0v) is 39.5. The number of hydrogen-bond acceptors (Lipinski definition) is 4. The Hall–Kier alpha value is -9.39. The predicted molar refractivity (Wildman–Crippen MR) is 295 cm³/mol. The summed E-state index contributed by atoms with van der Waals surface area (Å²) in [6.07, 6.45) is 0. The van der Waals surface area contributed by atoms with E-state index in [1.54, 1.807) is 0 Å². The van der Waals surface area contributed by atoms with Gasteiger partial charge in [-0.3, -0.25) is 0 Å². The second kappa shape index (κ2) is 15.3. The van der Waals surface area contributed by atoms with Crippen LogP contribution in [-0.4, -0.2) is 24.1 Å². The molecule has 4 heterocycles. The minimum Gasteiger partial charge on any atom is -0.456 e. The fourth-order valence-corrected chi connectivity index (χ4v) is 11.6. The van der Waals surface area contributed by atoms with E-state index in [4.69, 9.17) is 19.4 Å². The van der Waals surface area contributed by atoms with Gasteiger partial charge in [0.2, 0.25) is 0 Å². The molecule has 10 aromatic carbocycles. The lowest BCUT2D eigenvalue weighted by Gasteiger charge is -2.22. The standard InChI is InChI=1S/C66H43N5O/c1-66(2)55-32-28-43(34-49(55)50-36-52-47-22-12-14-24-57(47)70(59(52)38-56(50)66)45-20-10-5-11-21-45)44-29-33-58-51(35-44)53-37-54-48-23-13-15-25-61(48)72-62(54)39-60(53)71(58)46-30-26-42(27-31-46)65-68-63(40-16-6-3-7-17-40)67-64(69-65)41-18-8-4-9-19-41/h3-39H,1-2H3. The van der Waals surface area contributed by atoms with Crippen molar-refractivity contribution in [2.75, 3.05) is 0 Å². The third kappa shape index (κ3) is 6.05. The van der Waals surface area contributed by atoms with Crippen LogP contribution < -0.4 is 0 Å². The molecule has 6 nitrogen and oxygen atoms in total. The molecular formula is C66H43N5O. The average Bonchev–Trinajstić information content (AvgIpc) is 4.14. The van der Waals surface area contributed by atoms with Gasteiger partial charge in [0.25, 0.3) is 0 Å². The minimum absolute atomic E-state index is 0.182. The van der Waals surface area contributed by atoms with Gasteiger partial charge in [-0.15, -0.1) is 0 Å². The average molecular weight is 922 g/mol. The van der Waals surface area contributed by atoms with Crippen molar-refractivity contribution in [3.8, 4) is 67.8 Å². The lowest BCUT2D eigenvalue weighted by molar-refractivity contribution is 0.661. The number of benzene rings is 10. The van der Waals surface area contributed by atoms with Crippen molar-refractivity contribution in [1.82, 2.24) is 24.1 Å². The number of aromatic nitrogens is 5. The summed E-state index contributed by atoms with van der Waals surface area (Å²) in [4.78, 5) is 15.0. The van der Waals surface area contributed by atoms with Gasteiger partial charge < -0.3 is 13.6 Å². The third-order valence-electron chi connectivity index (χ3n) is 15.2. The van der Waals surface area contributed by atoms with E-state index in [-0.39, 0.29) is 5.41 Å². The van der Waals surface area contributed by atoms with Crippen LogP contribution in [0.2, 0.25) is 0 Å². The Morgan fingerprint density at radius 3 is 1.53 bits per heavy atom. The second-order valence-corrected chi connectivity index (χ2v) is 19.6. The Balaban J connectivity index is 0.883. The van der Waals surface area contributed by atoms with Crippen molar-refractivity contribution in [3.63, 3.8) is 0 Å². The van der Waals surface area contributed by atoms with Gasteiger partial charge in [0.15, 0.2) is 17.5 Å². The summed E-state index contributed by atoms with van der Waals surface area (Å²) >= 11 is 0. The highest BCUT2D eigenvalue weighted by Gasteiger charge is 2.37. The number of fused-ring (bicyclic) bond motifs is 12. The molecule has 72 heavy (non-hydrogen) atoms. The van der Waals surface area contributed by atoms with Crippen molar-refractivity contribution in [2.45, 2.75) is 19.3 Å². The normalized spacial score (nSPS) is 13.0. The van der Waals surface area contributed by atoms with E-state index in [1.807, 2.05) is 66.7 Å². The number of hydrogen-bond donors (Lipinski definition) is 0. The molecule has 6 heteroatoms. The molecule has 0 radical (unpaired) electrons. The van der Waals surface area contributed by atoms with Gasteiger partial charge >= 0.3 is 0 Å². The van der Waals surface area contributed by atoms with Crippen molar-refractivity contribution >= 4 is 65.6 Å². The lowest BCUT2D eigenvalue weighted by Crippen LogP contribution is -2.15. The van der Waals surface area contributed by atoms with E-state index >= 15 is 0 Å². The topological polar surface area (TPSA) is 61.7 Å². The summed E-state index contributed by atoms with van der Waals surface area (Å²) in [6.45, 7) is 4.75. The molecule has 4 aromatic heterocycles. The smallest absolute Gasteiger partial charge is 0.164 e. The Morgan fingerprint density at radius 2 is 0.819 bits per heavy atom. The minimum atomic E-state index is -0.182. The predicted octanol–water partition coefficient (Wildman–Crippen LogP) is 16.9. The largest absolute Gasteiger partial charge is 0.456 e. The molecule has 15 rings (SSSR count). The molecule has 0 aliphatic heterocycles. The fraction of sp³-hybridized carbons (Fsp3) is 0.0455. The molecule has 1 aliphatic carbocycles. The lowest BCUT2D eigenvalue weighted by atomic mass is 9.82. The van der Waals surface area contributed by atoms with Gasteiger partial charge in [-0.2, -0.15) is 0 Å². The highest BCUT2D eigenvalue weighted by Crippen LogP contribution is 2.52. The van der Waals surface area contributed by atoms with Gasteiger partial charge in [0.1, 0.15) is 11.2 Å². The molecule has 0 amide bonds. The highest BCUT2D eigenvalue weighted by molar-refractivity contribution is 6.18. The number of nitrogens with zero attached hydrogens (tertiary/aromatic N) is 5. The van der Waals surface area contributed by atoms with Crippen LogP contribution in [0.5, 0.6) is 0 Å². The van der Waals surface area contributed by atoms with Crippen molar-refractivity contribution < 1.29 is 4.42 Å². The SMILES string of the molecule is CC1(C)c2ccc(-c3ccc4c(c3)c3cc5c(cc3n4-c3ccc(-c4nc(-c6ccccc6)nc(-c6ccccc6)n4)cc3)oc3ccccc35)cc2-c2cc3c4ccccc4n(-c4ccccc4)c3cc21. The molecule has 338 valence electrons. The van der Waals surface area contributed by atoms with E-state index in [2.05, 4.69) is 181 Å². The summed E-state index contributed by atoms with van der Waals surface area (Å²) in [7, 11) is 0. The number of rotatable bonds is 6. The summed E-state index contributed by atoms with van der Waals surface area (Å²) in [5, 5.41) is 7.08. The molecule has 0 unspecified atom stereocenters. The fourth-order valence-electron chi connectivity index (χ4n) is 11.6. The van der Waals surface area contributed by atoms with Crippen molar-refractivity contribution in [3.05, 3.63) is 236 Å². The maximum Gasteiger partial charge on any atom is 0.164 e. The summed E-state index contributed by atoms with van der Waals surface area (Å²) in [5.74, 6) is 1.89. The number of para-hydroxylation sites is 3. The van der Waals surface area contributed by atoms with Gasteiger partial charge in [0.05, 0.1) is 22.1 Å². The molecule has 0 bridgehead atoms. The van der Waals surface area contributed by atoms with Crippen LogP contribution in [0.25, 0.3) is 133 Å². The van der Waals surface area contributed by atoms with Crippen LogP contribution in [-0.2, 0) is 5.41 Å². The number of furan rings is 1. The van der Waals surface area contributed by atoms with E-state index in [1.165, 1.54) is 66.3 Å². The van der Waals surface area contributed by atoms with E-state index in [0.29, 0.717) is 17.5 Å². The Labute approximate surface area is 414 Å². The molecule has 0 saturated carbocycles. The highest BCUT2D eigenvalue weighted by atomic mass is 16.3. The first-order valence-corrected chi connectivity index (χ1v) is 24.6.